The molecule has 2 aromatic carbocycles. The topological polar surface area (TPSA) is 100 Å². The van der Waals surface area contributed by atoms with Crippen molar-refractivity contribution < 1.29 is 37.3 Å². The third kappa shape index (κ3) is 5.51. The lowest BCUT2D eigenvalue weighted by atomic mass is 9.84. The fraction of sp³-hybridized carbons (Fsp3) is 0.417. The van der Waals surface area contributed by atoms with Gasteiger partial charge < -0.3 is 30.1 Å². The summed E-state index contributed by atoms with van der Waals surface area (Å²) in [4.78, 5) is 26.1. The van der Waals surface area contributed by atoms with Crippen LogP contribution in [0.2, 0.25) is 0 Å². The summed E-state index contributed by atoms with van der Waals surface area (Å²) in [6.45, 7) is -0.261. The second-order valence-electron chi connectivity index (χ2n) is 8.80. The number of hydrogen-bond donors (Lipinski definition) is 3. The van der Waals surface area contributed by atoms with Crippen molar-refractivity contribution in [2.75, 3.05) is 31.3 Å². The molecule has 2 aliphatic heterocycles. The van der Waals surface area contributed by atoms with Crippen LogP contribution >= 0.6 is 0 Å². The fourth-order valence-electron chi connectivity index (χ4n) is 4.38. The van der Waals surface area contributed by atoms with Gasteiger partial charge in [0, 0.05) is 37.0 Å². The predicted molar refractivity (Wildman–Crippen MR) is 121 cm³/mol. The number of fused-ring (bicyclic) bond motifs is 3. The number of hydrogen-bond acceptors (Lipinski definition) is 5. The van der Waals surface area contributed by atoms with Gasteiger partial charge in [-0.25, -0.2) is 4.79 Å². The quantitative estimate of drug-likeness (QED) is 0.588. The first kappa shape index (κ1) is 24.8. The summed E-state index contributed by atoms with van der Waals surface area (Å²) in [5.41, 5.74) is 0.695. The Kier molecular flexibility index (Phi) is 6.91. The second-order valence-corrected chi connectivity index (χ2v) is 8.80. The Bertz CT molecular complexity index is 1090. The van der Waals surface area contributed by atoms with E-state index in [1.807, 2.05) is 0 Å². The minimum absolute atomic E-state index is 0.0837. The van der Waals surface area contributed by atoms with E-state index in [1.54, 1.807) is 32.3 Å². The summed E-state index contributed by atoms with van der Waals surface area (Å²) in [5.74, 6) is 0.380. The molecule has 3 amide bonds. The summed E-state index contributed by atoms with van der Waals surface area (Å²) in [6, 6.07) is 8.63. The lowest BCUT2D eigenvalue weighted by Gasteiger charge is -2.37. The molecule has 1 fully saturated rings. The van der Waals surface area contributed by atoms with Crippen LogP contribution in [0.15, 0.2) is 42.5 Å². The molecule has 0 saturated carbocycles. The van der Waals surface area contributed by atoms with E-state index >= 15 is 0 Å². The number of urea groups is 1. The average molecular weight is 493 g/mol. The second kappa shape index (κ2) is 9.74. The van der Waals surface area contributed by atoms with E-state index in [0.29, 0.717) is 17.9 Å². The van der Waals surface area contributed by atoms with E-state index in [9.17, 15) is 27.9 Å². The van der Waals surface area contributed by atoms with Crippen LogP contribution in [0.3, 0.4) is 0 Å². The van der Waals surface area contributed by atoms with Crippen LogP contribution in [0.25, 0.3) is 0 Å². The molecule has 4 atom stereocenters. The first-order valence-electron chi connectivity index (χ1n) is 11.1. The standard InChI is InChI=1S/C24H26F3N3O5/c1-30(2)21(32)11-16-10-18-17-9-15(7-8-19(17)35-22(18)20(12-31)34-16)29-23(33)28-14-5-3-13(4-6-14)24(25,26)27/h3-9,16,18,20,22,31H,10-12H2,1-2H3,(H2,28,29,33)/t16-,18+,20-,22-/m0/s1. The van der Waals surface area contributed by atoms with Gasteiger partial charge >= 0.3 is 12.2 Å². The zero-order chi connectivity index (χ0) is 25.3. The number of benzene rings is 2. The van der Waals surface area contributed by atoms with Crippen LogP contribution in [-0.4, -0.2) is 61.0 Å². The van der Waals surface area contributed by atoms with Crippen molar-refractivity contribution in [1.29, 1.82) is 0 Å². The highest BCUT2D eigenvalue weighted by Crippen LogP contribution is 2.47. The summed E-state index contributed by atoms with van der Waals surface area (Å²) < 4.78 is 50.1. The average Bonchev–Trinajstić information content (AvgIpc) is 3.16. The summed E-state index contributed by atoms with van der Waals surface area (Å²) in [5, 5.41) is 15.0. The van der Waals surface area contributed by atoms with E-state index in [-0.39, 0.29) is 30.5 Å². The van der Waals surface area contributed by atoms with Crippen LogP contribution in [0, 0.1) is 0 Å². The Balaban J connectivity index is 1.45. The number of anilines is 2. The molecule has 0 aromatic heterocycles. The number of aliphatic hydroxyl groups is 1. The molecule has 2 aromatic rings. The van der Waals surface area contributed by atoms with Gasteiger partial charge in [-0.2, -0.15) is 13.2 Å². The van der Waals surface area contributed by atoms with Gasteiger partial charge in [0.2, 0.25) is 5.91 Å². The Morgan fingerprint density at radius 3 is 2.37 bits per heavy atom. The number of alkyl halides is 3. The normalized spacial score (nSPS) is 23.0. The van der Waals surface area contributed by atoms with Crippen molar-refractivity contribution in [3.8, 4) is 5.75 Å². The molecule has 8 nitrogen and oxygen atoms in total. The predicted octanol–water partition coefficient (Wildman–Crippen LogP) is 3.82. The van der Waals surface area contributed by atoms with Gasteiger partial charge in [-0.15, -0.1) is 0 Å². The van der Waals surface area contributed by atoms with Gasteiger partial charge in [0.25, 0.3) is 0 Å². The van der Waals surface area contributed by atoms with Crippen molar-refractivity contribution in [1.82, 2.24) is 4.90 Å². The number of halogens is 3. The molecule has 35 heavy (non-hydrogen) atoms. The smallest absolute Gasteiger partial charge is 0.416 e. The number of ether oxygens (including phenoxy) is 2. The van der Waals surface area contributed by atoms with Gasteiger partial charge in [0.1, 0.15) is 18.0 Å². The molecule has 1 saturated heterocycles. The summed E-state index contributed by atoms with van der Waals surface area (Å²) >= 11 is 0. The van der Waals surface area contributed by atoms with Crippen molar-refractivity contribution in [2.45, 2.75) is 43.2 Å². The first-order chi connectivity index (χ1) is 16.5. The van der Waals surface area contributed by atoms with E-state index in [0.717, 1.165) is 17.7 Å². The molecule has 188 valence electrons. The Hall–Kier alpha value is -3.31. The van der Waals surface area contributed by atoms with Gasteiger partial charge in [0.15, 0.2) is 0 Å². The molecule has 0 spiro atoms. The lowest BCUT2D eigenvalue weighted by Crippen LogP contribution is -2.47. The highest BCUT2D eigenvalue weighted by atomic mass is 19.4. The van der Waals surface area contributed by atoms with Crippen molar-refractivity contribution in [3.63, 3.8) is 0 Å². The van der Waals surface area contributed by atoms with Crippen molar-refractivity contribution >= 4 is 23.3 Å². The highest BCUT2D eigenvalue weighted by molar-refractivity contribution is 5.99. The Labute approximate surface area is 200 Å². The fourth-order valence-corrected chi connectivity index (χ4v) is 4.38. The monoisotopic (exact) mass is 493 g/mol. The van der Waals surface area contributed by atoms with Crippen LogP contribution in [-0.2, 0) is 15.7 Å². The number of amides is 3. The first-order valence-corrected chi connectivity index (χ1v) is 11.1. The van der Waals surface area contributed by atoms with Crippen LogP contribution in [0.1, 0.15) is 29.9 Å². The van der Waals surface area contributed by atoms with Crippen molar-refractivity contribution in [3.05, 3.63) is 53.6 Å². The molecule has 0 bridgehead atoms. The van der Waals surface area contributed by atoms with Gasteiger partial charge in [-0.1, -0.05) is 0 Å². The number of rotatable bonds is 5. The van der Waals surface area contributed by atoms with E-state index < -0.39 is 36.1 Å². The Morgan fingerprint density at radius 1 is 1.09 bits per heavy atom. The third-order valence-corrected chi connectivity index (χ3v) is 6.13. The number of carbonyl (C=O) groups excluding carboxylic acids is 2. The van der Waals surface area contributed by atoms with Crippen LogP contribution < -0.4 is 15.4 Å². The maximum atomic E-state index is 12.7. The molecular weight excluding hydrogens is 467 g/mol. The zero-order valence-electron chi connectivity index (χ0n) is 19.1. The van der Waals surface area contributed by atoms with E-state index in [4.69, 9.17) is 9.47 Å². The molecule has 0 aliphatic carbocycles. The molecule has 3 N–H and O–H groups in total. The SMILES string of the molecule is CN(C)C(=O)C[C@@H]1C[C@@H]2c3cc(NC(=O)Nc4ccc(C(F)(F)F)cc4)ccc3O[C@@H]2[C@H](CO)O1. The minimum Gasteiger partial charge on any atom is -0.487 e. The summed E-state index contributed by atoms with van der Waals surface area (Å²) in [6.07, 6.45) is -5.18. The molecule has 0 unspecified atom stereocenters. The van der Waals surface area contributed by atoms with Gasteiger partial charge in [-0.3, -0.25) is 4.79 Å². The van der Waals surface area contributed by atoms with Crippen LogP contribution in [0.4, 0.5) is 29.3 Å². The number of nitrogens with one attached hydrogen (secondary N) is 2. The maximum Gasteiger partial charge on any atom is 0.416 e. The highest BCUT2D eigenvalue weighted by Gasteiger charge is 2.46. The van der Waals surface area contributed by atoms with E-state index in [2.05, 4.69) is 10.6 Å². The minimum atomic E-state index is -4.46. The maximum absolute atomic E-state index is 12.7. The van der Waals surface area contributed by atoms with Gasteiger partial charge in [0.05, 0.1) is 24.7 Å². The molecule has 4 rings (SSSR count). The van der Waals surface area contributed by atoms with Gasteiger partial charge in [-0.05, 0) is 48.9 Å². The van der Waals surface area contributed by atoms with Crippen LogP contribution in [0.5, 0.6) is 5.75 Å². The number of aliphatic hydroxyl groups excluding tert-OH is 1. The molecule has 2 aliphatic rings. The molecule has 2 heterocycles. The Morgan fingerprint density at radius 2 is 1.74 bits per heavy atom. The lowest BCUT2D eigenvalue weighted by molar-refractivity contribution is -0.147. The van der Waals surface area contributed by atoms with E-state index in [1.165, 1.54) is 17.0 Å². The zero-order valence-corrected chi connectivity index (χ0v) is 19.1. The number of carbonyl (C=O) groups is 2. The summed E-state index contributed by atoms with van der Waals surface area (Å²) in [7, 11) is 3.33. The molecule has 0 radical (unpaired) electrons. The number of nitrogens with zero attached hydrogens (tertiary/aromatic N) is 1. The molecular formula is C24H26F3N3O5. The third-order valence-electron chi connectivity index (χ3n) is 6.13. The van der Waals surface area contributed by atoms with Crippen molar-refractivity contribution in [2.24, 2.45) is 0 Å². The molecule has 11 heteroatoms. The largest absolute Gasteiger partial charge is 0.487 e.